The number of carbonyl (C=O) groups excluding carboxylic acids is 1. The van der Waals surface area contributed by atoms with Crippen LogP contribution in [-0.4, -0.2) is 50.6 Å². The topological polar surface area (TPSA) is 64.2 Å². The summed E-state index contributed by atoms with van der Waals surface area (Å²) in [7, 11) is 2.12. The van der Waals surface area contributed by atoms with E-state index in [1.165, 1.54) is 4.90 Å². The highest BCUT2D eigenvalue weighted by Gasteiger charge is 2.24. The maximum absolute atomic E-state index is 13.4. The SMILES string of the molecule is Cc1ccc(-c2oc3c(C)cc(C)cc3c(=O)c2OCC(=O)N2CC[NH+](C)CC2)cc1. The average molecular weight is 422 g/mol. The van der Waals surface area contributed by atoms with E-state index in [1.807, 2.05) is 57.2 Å². The lowest BCUT2D eigenvalue weighted by Gasteiger charge is -2.30. The molecule has 0 spiro atoms. The third kappa shape index (κ3) is 4.35. The summed E-state index contributed by atoms with van der Waals surface area (Å²) >= 11 is 0. The Morgan fingerprint density at radius 1 is 1.06 bits per heavy atom. The Bertz CT molecular complexity index is 1170. The number of carbonyl (C=O) groups is 1. The van der Waals surface area contributed by atoms with Crippen LogP contribution in [0.4, 0.5) is 0 Å². The van der Waals surface area contributed by atoms with E-state index in [9.17, 15) is 9.59 Å². The predicted octanol–water partition coefficient (Wildman–Crippen LogP) is 2.12. The maximum Gasteiger partial charge on any atom is 0.260 e. The van der Waals surface area contributed by atoms with Gasteiger partial charge in [-0.25, -0.2) is 0 Å². The van der Waals surface area contributed by atoms with Crippen LogP contribution in [0.5, 0.6) is 5.75 Å². The van der Waals surface area contributed by atoms with E-state index in [0.717, 1.165) is 35.3 Å². The number of ether oxygens (including phenoxy) is 1. The molecule has 162 valence electrons. The standard InChI is InChI=1S/C25H28N2O4/c1-16-5-7-19(8-6-16)24-25(30-15-21(28)27-11-9-26(4)10-12-27)22(29)20-14-17(2)13-18(3)23(20)31-24/h5-8,13-14H,9-12,15H2,1-4H3/p+1. The van der Waals surface area contributed by atoms with Crippen LogP contribution in [0, 0.1) is 20.8 Å². The van der Waals surface area contributed by atoms with Crippen LogP contribution in [0.1, 0.15) is 16.7 Å². The van der Waals surface area contributed by atoms with Crippen LogP contribution >= 0.6 is 0 Å². The molecule has 0 atom stereocenters. The second-order valence-electron chi connectivity index (χ2n) is 8.54. The summed E-state index contributed by atoms with van der Waals surface area (Å²) in [6.45, 7) is 8.91. The van der Waals surface area contributed by atoms with E-state index < -0.39 is 0 Å². The number of likely N-dealkylation sites (N-methyl/N-ethyl adjacent to an activating group) is 1. The zero-order valence-electron chi connectivity index (χ0n) is 18.6. The molecule has 1 saturated heterocycles. The molecule has 2 heterocycles. The number of hydrogen-bond donors (Lipinski definition) is 1. The molecule has 0 unspecified atom stereocenters. The minimum absolute atomic E-state index is 0.0921. The maximum atomic E-state index is 13.4. The van der Waals surface area contributed by atoms with Crippen LogP contribution in [0.15, 0.2) is 45.6 Å². The quantitative estimate of drug-likeness (QED) is 0.701. The summed E-state index contributed by atoms with van der Waals surface area (Å²) in [5.74, 6) is 0.344. The highest BCUT2D eigenvalue weighted by molar-refractivity contribution is 5.85. The number of piperazine rings is 1. The fraction of sp³-hybridized carbons (Fsp3) is 0.360. The van der Waals surface area contributed by atoms with Gasteiger partial charge in [0.15, 0.2) is 12.4 Å². The monoisotopic (exact) mass is 421 g/mol. The first-order valence-corrected chi connectivity index (χ1v) is 10.7. The van der Waals surface area contributed by atoms with E-state index in [-0.39, 0.29) is 23.7 Å². The molecule has 0 bridgehead atoms. The fourth-order valence-electron chi connectivity index (χ4n) is 4.02. The van der Waals surface area contributed by atoms with Crippen molar-refractivity contribution in [1.82, 2.24) is 4.90 Å². The number of quaternary nitrogens is 1. The number of nitrogens with zero attached hydrogens (tertiary/aromatic N) is 1. The molecule has 4 rings (SSSR count). The number of fused-ring (bicyclic) bond motifs is 1. The van der Waals surface area contributed by atoms with Crippen molar-refractivity contribution >= 4 is 16.9 Å². The fourth-order valence-corrected chi connectivity index (χ4v) is 4.02. The molecule has 1 aliphatic heterocycles. The summed E-state index contributed by atoms with van der Waals surface area (Å²) in [4.78, 5) is 29.3. The van der Waals surface area contributed by atoms with Gasteiger partial charge in [-0.2, -0.15) is 0 Å². The highest BCUT2D eigenvalue weighted by Crippen LogP contribution is 2.32. The Balaban J connectivity index is 1.74. The van der Waals surface area contributed by atoms with Gasteiger partial charge in [0.1, 0.15) is 5.58 Å². The first-order valence-electron chi connectivity index (χ1n) is 10.7. The first-order chi connectivity index (χ1) is 14.8. The van der Waals surface area contributed by atoms with Gasteiger partial charge in [0.2, 0.25) is 11.2 Å². The zero-order chi connectivity index (χ0) is 22.1. The van der Waals surface area contributed by atoms with Crippen molar-refractivity contribution in [3.63, 3.8) is 0 Å². The van der Waals surface area contributed by atoms with Crippen LogP contribution in [0.2, 0.25) is 0 Å². The first kappa shape index (κ1) is 21.1. The molecule has 1 amide bonds. The minimum Gasteiger partial charge on any atom is -0.476 e. The van der Waals surface area contributed by atoms with Crippen molar-refractivity contribution < 1.29 is 18.8 Å². The zero-order valence-corrected chi connectivity index (χ0v) is 18.6. The molecule has 1 aromatic heterocycles. The van der Waals surface area contributed by atoms with Gasteiger partial charge in [-0.05, 0) is 38.0 Å². The van der Waals surface area contributed by atoms with Gasteiger partial charge < -0.3 is 19.0 Å². The molecule has 3 aromatic rings. The minimum atomic E-state index is -0.251. The third-order valence-electron chi connectivity index (χ3n) is 5.90. The molecular weight excluding hydrogens is 392 g/mol. The summed E-state index contributed by atoms with van der Waals surface area (Å²) < 4.78 is 12.1. The number of nitrogens with one attached hydrogen (secondary N) is 1. The van der Waals surface area contributed by atoms with Crippen molar-refractivity contribution in [1.29, 1.82) is 0 Å². The predicted molar refractivity (Wildman–Crippen MR) is 121 cm³/mol. The van der Waals surface area contributed by atoms with E-state index >= 15 is 0 Å². The van der Waals surface area contributed by atoms with Crippen LogP contribution in [0.25, 0.3) is 22.3 Å². The van der Waals surface area contributed by atoms with Gasteiger partial charge in [-0.3, -0.25) is 9.59 Å². The van der Waals surface area contributed by atoms with Crippen LogP contribution < -0.4 is 15.1 Å². The van der Waals surface area contributed by atoms with Crippen molar-refractivity contribution in [3.8, 4) is 17.1 Å². The average Bonchev–Trinajstić information content (AvgIpc) is 2.74. The van der Waals surface area contributed by atoms with E-state index in [2.05, 4.69) is 7.05 Å². The van der Waals surface area contributed by atoms with E-state index in [4.69, 9.17) is 9.15 Å². The molecule has 0 aliphatic carbocycles. The molecule has 6 heteroatoms. The van der Waals surface area contributed by atoms with E-state index in [1.54, 1.807) is 4.90 Å². The van der Waals surface area contributed by atoms with Gasteiger partial charge in [-0.15, -0.1) is 0 Å². The second kappa shape index (κ2) is 8.55. The number of aryl methyl sites for hydroxylation is 3. The number of hydrogen-bond acceptors (Lipinski definition) is 4. The number of rotatable bonds is 4. The van der Waals surface area contributed by atoms with Crippen LogP contribution in [0.3, 0.4) is 0 Å². The van der Waals surface area contributed by atoms with Crippen LogP contribution in [-0.2, 0) is 4.79 Å². The number of amides is 1. The lowest BCUT2D eigenvalue weighted by atomic mass is 10.0. The summed E-state index contributed by atoms with van der Waals surface area (Å²) in [5.41, 5.74) is 4.01. The third-order valence-corrected chi connectivity index (χ3v) is 5.90. The van der Waals surface area contributed by atoms with Crippen molar-refractivity contribution in [3.05, 3.63) is 63.3 Å². The molecule has 2 aromatic carbocycles. The second-order valence-corrected chi connectivity index (χ2v) is 8.54. The molecule has 1 N–H and O–H groups in total. The van der Waals surface area contributed by atoms with Gasteiger partial charge >= 0.3 is 0 Å². The largest absolute Gasteiger partial charge is 0.476 e. The van der Waals surface area contributed by atoms with Gasteiger partial charge in [-0.1, -0.05) is 35.9 Å². The Labute approximate surface area is 182 Å². The molecular formula is C25H29N2O4+. The highest BCUT2D eigenvalue weighted by atomic mass is 16.5. The molecule has 1 aliphatic rings. The Kier molecular flexibility index (Phi) is 5.83. The molecule has 31 heavy (non-hydrogen) atoms. The Morgan fingerprint density at radius 2 is 1.74 bits per heavy atom. The normalized spacial score (nSPS) is 14.8. The summed E-state index contributed by atoms with van der Waals surface area (Å²) in [5, 5.41) is 0.471. The van der Waals surface area contributed by atoms with Crippen molar-refractivity contribution in [2.75, 3.05) is 39.8 Å². The lowest BCUT2D eigenvalue weighted by molar-refractivity contribution is -0.883. The molecule has 0 radical (unpaired) electrons. The molecule has 6 nitrogen and oxygen atoms in total. The Hall–Kier alpha value is -3.12. The van der Waals surface area contributed by atoms with Crippen molar-refractivity contribution in [2.24, 2.45) is 0 Å². The van der Waals surface area contributed by atoms with Crippen molar-refractivity contribution in [2.45, 2.75) is 20.8 Å². The van der Waals surface area contributed by atoms with Gasteiger partial charge in [0, 0.05) is 5.56 Å². The Morgan fingerprint density at radius 3 is 2.42 bits per heavy atom. The van der Waals surface area contributed by atoms with E-state index in [0.29, 0.717) is 29.8 Å². The van der Waals surface area contributed by atoms with Gasteiger partial charge in [0.05, 0.1) is 38.6 Å². The number of benzene rings is 2. The molecule has 0 saturated carbocycles. The van der Waals surface area contributed by atoms with Gasteiger partial charge in [0.25, 0.3) is 5.91 Å². The summed E-state index contributed by atoms with van der Waals surface area (Å²) in [6.07, 6.45) is 0. The summed E-state index contributed by atoms with van der Waals surface area (Å²) in [6, 6.07) is 11.5. The molecule has 1 fully saturated rings. The smallest absolute Gasteiger partial charge is 0.260 e. The lowest BCUT2D eigenvalue weighted by Crippen LogP contribution is -3.12.